The zero-order chi connectivity index (χ0) is 18.9. The van der Waals surface area contributed by atoms with Crippen molar-refractivity contribution in [2.24, 2.45) is 0 Å². The van der Waals surface area contributed by atoms with Gasteiger partial charge in [-0.25, -0.2) is 4.98 Å². The molecule has 0 aliphatic rings. The van der Waals surface area contributed by atoms with E-state index in [0.717, 1.165) is 17.0 Å². The van der Waals surface area contributed by atoms with E-state index in [1.807, 2.05) is 43.5 Å². The third-order valence-corrected chi connectivity index (χ3v) is 4.68. The van der Waals surface area contributed by atoms with E-state index in [1.165, 1.54) is 0 Å². The van der Waals surface area contributed by atoms with Crippen LogP contribution in [0.5, 0.6) is 0 Å². The van der Waals surface area contributed by atoms with Crippen molar-refractivity contribution < 1.29 is 9.59 Å². The Morgan fingerprint density at radius 3 is 2.62 bits per heavy atom. The minimum atomic E-state index is -0.527. The van der Waals surface area contributed by atoms with Crippen LogP contribution in [0.4, 0.5) is 0 Å². The maximum Gasteiger partial charge on any atom is 0.243 e. The molecule has 0 radical (unpaired) electrons. The summed E-state index contributed by atoms with van der Waals surface area (Å²) < 4.78 is 0. The van der Waals surface area contributed by atoms with Crippen LogP contribution >= 0.6 is 11.8 Å². The Bertz CT molecular complexity index is 717. The molecule has 0 bridgehead atoms. The van der Waals surface area contributed by atoms with E-state index >= 15 is 0 Å². The van der Waals surface area contributed by atoms with Crippen molar-refractivity contribution in [3.63, 3.8) is 0 Å². The Labute approximate surface area is 158 Å². The molecule has 2 aromatic rings. The molecule has 1 aromatic carbocycles. The van der Waals surface area contributed by atoms with Crippen molar-refractivity contribution in [1.29, 1.82) is 0 Å². The van der Waals surface area contributed by atoms with Gasteiger partial charge in [0.15, 0.2) is 0 Å². The summed E-state index contributed by atoms with van der Waals surface area (Å²) in [6.07, 6.45) is 4.70. The minimum Gasteiger partial charge on any atom is -0.345 e. The van der Waals surface area contributed by atoms with E-state index in [4.69, 9.17) is 0 Å². The average Bonchev–Trinajstić information content (AvgIpc) is 3.15. The molecule has 0 unspecified atom stereocenters. The van der Waals surface area contributed by atoms with Crippen LogP contribution in [0.2, 0.25) is 0 Å². The van der Waals surface area contributed by atoms with Crippen LogP contribution in [0.15, 0.2) is 36.5 Å². The van der Waals surface area contributed by atoms with Crippen LogP contribution in [-0.4, -0.2) is 39.8 Å². The van der Waals surface area contributed by atoms with E-state index < -0.39 is 6.04 Å². The maximum atomic E-state index is 12.6. The number of nitrogens with one attached hydrogen (secondary N) is 3. The van der Waals surface area contributed by atoms with Crippen molar-refractivity contribution in [3.05, 3.63) is 42.4 Å². The molecule has 6 nitrogen and oxygen atoms in total. The molecule has 26 heavy (non-hydrogen) atoms. The zero-order valence-corrected chi connectivity index (χ0v) is 16.2. The highest BCUT2D eigenvalue weighted by Gasteiger charge is 2.22. The first-order valence-corrected chi connectivity index (χ1v) is 10.1. The molecule has 2 rings (SSSR count). The number of carbonyl (C=O) groups excluding carboxylic acids is 2. The van der Waals surface area contributed by atoms with Crippen molar-refractivity contribution >= 4 is 23.6 Å². The second-order valence-electron chi connectivity index (χ2n) is 6.03. The largest absolute Gasteiger partial charge is 0.345 e. The van der Waals surface area contributed by atoms with Crippen molar-refractivity contribution in [2.45, 2.75) is 38.8 Å². The third kappa shape index (κ3) is 5.62. The van der Waals surface area contributed by atoms with Crippen LogP contribution < -0.4 is 10.6 Å². The number of nitrogens with zero attached hydrogens (tertiary/aromatic N) is 1. The lowest BCUT2D eigenvalue weighted by atomic mass is 10.1. The Morgan fingerprint density at radius 2 is 1.96 bits per heavy atom. The average molecular weight is 375 g/mol. The molecule has 140 valence electrons. The summed E-state index contributed by atoms with van der Waals surface area (Å²) in [6.45, 7) is 3.65. The highest BCUT2D eigenvalue weighted by atomic mass is 32.2. The van der Waals surface area contributed by atoms with Gasteiger partial charge in [-0.1, -0.05) is 37.3 Å². The number of thioether (sulfide) groups is 1. The molecular weight excluding hydrogens is 348 g/mol. The predicted molar refractivity (Wildman–Crippen MR) is 106 cm³/mol. The lowest BCUT2D eigenvalue weighted by Gasteiger charge is -2.20. The SMILES string of the molecule is CCC(=O)N[C@@H](CCSC)C(=O)N[C@@H](C)c1ncc(-c2ccccc2)[nH]1. The standard InChI is InChI=1S/C19H26N4O2S/c1-4-17(24)22-15(10-11-26-3)19(25)21-13(2)18-20-12-16(23-18)14-8-6-5-7-9-14/h5-9,12-13,15H,4,10-11H2,1-3H3,(H,20,23)(H,21,25)(H,22,24)/t13-,15-/m0/s1. The Morgan fingerprint density at radius 1 is 1.23 bits per heavy atom. The molecule has 0 aliphatic heterocycles. The van der Waals surface area contributed by atoms with Gasteiger partial charge in [-0.15, -0.1) is 0 Å². The number of H-pyrrole nitrogens is 1. The fourth-order valence-corrected chi connectivity index (χ4v) is 2.98. The smallest absolute Gasteiger partial charge is 0.243 e. The van der Waals surface area contributed by atoms with E-state index in [0.29, 0.717) is 18.7 Å². The molecule has 0 fully saturated rings. The van der Waals surface area contributed by atoms with Crippen molar-refractivity contribution in [2.75, 3.05) is 12.0 Å². The monoisotopic (exact) mass is 374 g/mol. The normalized spacial score (nSPS) is 13.0. The van der Waals surface area contributed by atoms with Crippen molar-refractivity contribution in [1.82, 2.24) is 20.6 Å². The van der Waals surface area contributed by atoms with Crippen LogP contribution in [0.3, 0.4) is 0 Å². The lowest BCUT2D eigenvalue weighted by Crippen LogP contribution is -2.47. The summed E-state index contributed by atoms with van der Waals surface area (Å²) in [5.41, 5.74) is 1.94. The highest BCUT2D eigenvalue weighted by Crippen LogP contribution is 2.18. The second kappa shape index (κ2) is 10.0. The second-order valence-corrected chi connectivity index (χ2v) is 7.02. The van der Waals surface area contributed by atoms with Crippen molar-refractivity contribution in [3.8, 4) is 11.3 Å². The van der Waals surface area contributed by atoms with Gasteiger partial charge in [-0.2, -0.15) is 11.8 Å². The first-order valence-electron chi connectivity index (χ1n) is 8.74. The van der Waals surface area contributed by atoms with E-state index in [-0.39, 0.29) is 17.9 Å². The van der Waals surface area contributed by atoms with Crippen LogP contribution in [0.1, 0.15) is 38.6 Å². The van der Waals surface area contributed by atoms with E-state index in [9.17, 15) is 9.59 Å². The van der Waals surface area contributed by atoms with Gasteiger partial charge < -0.3 is 15.6 Å². The summed E-state index contributed by atoms with van der Waals surface area (Å²) in [5, 5.41) is 5.74. The number of hydrogen-bond acceptors (Lipinski definition) is 4. The van der Waals surface area contributed by atoms with Gasteiger partial charge in [0.1, 0.15) is 11.9 Å². The zero-order valence-electron chi connectivity index (χ0n) is 15.4. The number of hydrogen-bond donors (Lipinski definition) is 3. The number of aromatic nitrogens is 2. The molecule has 0 aliphatic carbocycles. The summed E-state index contributed by atoms with van der Waals surface area (Å²) in [6, 6.07) is 9.08. The van der Waals surface area contributed by atoms with Crippen LogP contribution in [-0.2, 0) is 9.59 Å². The highest BCUT2D eigenvalue weighted by molar-refractivity contribution is 7.98. The molecule has 0 saturated heterocycles. The van der Waals surface area contributed by atoms with Gasteiger partial charge in [0.25, 0.3) is 0 Å². The minimum absolute atomic E-state index is 0.122. The fourth-order valence-electron chi connectivity index (χ4n) is 2.50. The topological polar surface area (TPSA) is 86.9 Å². The Balaban J connectivity index is 2.02. The molecule has 2 atom stereocenters. The van der Waals surface area contributed by atoms with Crippen LogP contribution in [0, 0.1) is 0 Å². The third-order valence-electron chi connectivity index (χ3n) is 4.03. The first kappa shape index (κ1) is 20.0. The van der Waals surface area contributed by atoms with Crippen LogP contribution in [0.25, 0.3) is 11.3 Å². The molecule has 1 aromatic heterocycles. The molecular formula is C19H26N4O2S. The molecule has 2 amide bonds. The summed E-state index contributed by atoms with van der Waals surface area (Å²) in [4.78, 5) is 31.9. The molecule has 7 heteroatoms. The molecule has 3 N–H and O–H groups in total. The van der Waals surface area contributed by atoms with E-state index in [2.05, 4.69) is 20.6 Å². The number of carbonyl (C=O) groups is 2. The summed E-state index contributed by atoms with van der Waals surface area (Å²) >= 11 is 1.65. The Hall–Kier alpha value is -2.28. The number of amides is 2. The molecule has 1 heterocycles. The maximum absolute atomic E-state index is 12.6. The number of imidazole rings is 1. The number of rotatable bonds is 9. The number of benzene rings is 1. The van der Waals surface area contributed by atoms with Gasteiger partial charge >= 0.3 is 0 Å². The number of aromatic amines is 1. The molecule has 0 saturated carbocycles. The van der Waals surface area contributed by atoms with Gasteiger partial charge in [-0.3, -0.25) is 9.59 Å². The fraction of sp³-hybridized carbons (Fsp3) is 0.421. The first-order chi connectivity index (χ1) is 12.5. The lowest BCUT2D eigenvalue weighted by molar-refractivity contribution is -0.129. The summed E-state index contributed by atoms with van der Waals surface area (Å²) in [7, 11) is 0. The molecule has 0 spiro atoms. The summed E-state index contributed by atoms with van der Waals surface area (Å²) in [5.74, 6) is 1.17. The van der Waals surface area contributed by atoms with Gasteiger partial charge in [0.05, 0.1) is 17.9 Å². The predicted octanol–water partition coefficient (Wildman–Crippen LogP) is 2.90. The Kier molecular flexibility index (Phi) is 7.72. The van der Waals surface area contributed by atoms with E-state index in [1.54, 1.807) is 24.9 Å². The quantitative estimate of drug-likeness (QED) is 0.630. The van der Waals surface area contributed by atoms with Gasteiger partial charge in [0, 0.05) is 6.42 Å². The van der Waals surface area contributed by atoms with Gasteiger partial charge in [-0.05, 0) is 30.9 Å². The van der Waals surface area contributed by atoms with Gasteiger partial charge in [0.2, 0.25) is 11.8 Å².